The summed E-state index contributed by atoms with van der Waals surface area (Å²) >= 11 is 1.87. The second-order valence-electron chi connectivity index (χ2n) is 2.96. The number of hydrogen-bond acceptors (Lipinski definition) is 3. The van der Waals surface area contributed by atoms with E-state index in [0.717, 1.165) is 12.3 Å². The first-order valence-electron chi connectivity index (χ1n) is 4.38. The molecule has 0 fully saturated rings. The van der Waals surface area contributed by atoms with Gasteiger partial charge in [0.1, 0.15) is 0 Å². The average Bonchev–Trinajstić information content (AvgIpc) is 2.14. The zero-order valence-electron chi connectivity index (χ0n) is 8.16. The van der Waals surface area contributed by atoms with Crippen LogP contribution in [0, 0.1) is 0 Å². The van der Waals surface area contributed by atoms with Crippen molar-refractivity contribution >= 4 is 11.8 Å². The van der Waals surface area contributed by atoms with E-state index in [0.29, 0.717) is 0 Å². The van der Waals surface area contributed by atoms with Crippen LogP contribution in [-0.2, 0) is 0 Å². The van der Waals surface area contributed by atoms with Gasteiger partial charge < -0.3 is 0 Å². The largest absolute Gasteiger partial charge is 0.255 e. The highest BCUT2D eigenvalue weighted by Gasteiger charge is 1.92. The topological polar surface area (TPSA) is 15.3 Å². The molecule has 0 aliphatic carbocycles. The summed E-state index contributed by atoms with van der Waals surface area (Å²) in [4.78, 5) is 1.34. The molecule has 0 aliphatic rings. The first-order chi connectivity index (χ1) is 6.29. The number of nitrogens with one attached hydrogen (secondary N) is 1. The fourth-order valence-corrected chi connectivity index (χ4v) is 1.73. The number of hydrazine groups is 1. The van der Waals surface area contributed by atoms with E-state index < -0.39 is 0 Å². The predicted octanol–water partition coefficient (Wildman–Crippen LogP) is 1.84. The molecule has 72 valence electrons. The number of nitrogens with zero attached hydrogens (tertiary/aromatic N) is 1. The Hall–Kier alpha value is -0.510. The van der Waals surface area contributed by atoms with Crippen LogP contribution in [0.5, 0.6) is 0 Å². The second kappa shape index (κ2) is 6.02. The number of hydrogen-bond donors (Lipinski definition) is 1. The first kappa shape index (κ1) is 10.6. The molecule has 0 aromatic heterocycles. The zero-order chi connectivity index (χ0) is 9.52. The molecule has 0 bridgehead atoms. The molecule has 13 heavy (non-hydrogen) atoms. The van der Waals surface area contributed by atoms with Crippen molar-refractivity contribution in [2.24, 2.45) is 0 Å². The molecule has 1 aromatic carbocycles. The number of thioether (sulfide) groups is 1. The molecule has 0 amide bonds. The third kappa shape index (κ3) is 4.93. The van der Waals surface area contributed by atoms with Gasteiger partial charge in [-0.25, -0.2) is 0 Å². The van der Waals surface area contributed by atoms with Crippen molar-refractivity contribution in [1.29, 1.82) is 0 Å². The maximum absolute atomic E-state index is 3.23. The Morgan fingerprint density at radius 2 is 1.92 bits per heavy atom. The van der Waals surface area contributed by atoms with Gasteiger partial charge in [0, 0.05) is 31.3 Å². The van der Waals surface area contributed by atoms with Crippen LogP contribution in [0.2, 0.25) is 0 Å². The van der Waals surface area contributed by atoms with Crippen molar-refractivity contribution < 1.29 is 0 Å². The van der Waals surface area contributed by atoms with Crippen LogP contribution in [0.25, 0.3) is 0 Å². The summed E-state index contributed by atoms with van der Waals surface area (Å²) in [5.74, 6) is 1.10. The van der Waals surface area contributed by atoms with Crippen molar-refractivity contribution in [3.05, 3.63) is 30.3 Å². The summed E-state index contributed by atoms with van der Waals surface area (Å²) in [5, 5.41) is 1.98. The van der Waals surface area contributed by atoms with Crippen LogP contribution < -0.4 is 5.43 Å². The lowest BCUT2D eigenvalue weighted by atomic mass is 10.4. The van der Waals surface area contributed by atoms with Gasteiger partial charge in [-0.1, -0.05) is 18.2 Å². The predicted molar refractivity (Wildman–Crippen MR) is 58.9 cm³/mol. The van der Waals surface area contributed by atoms with Crippen LogP contribution in [0.3, 0.4) is 0 Å². The van der Waals surface area contributed by atoms with E-state index in [1.54, 1.807) is 0 Å². The Kier molecular flexibility index (Phi) is 4.90. The molecular formula is C10H16N2S. The molecule has 2 nitrogen and oxygen atoms in total. The van der Waals surface area contributed by atoms with Gasteiger partial charge in [-0.3, -0.25) is 10.4 Å². The summed E-state index contributed by atoms with van der Waals surface area (Å²) in [5.41, 5.74) is 3.23. The summed E-state index contributed by atoms with van der Waals surface area (Å²) in [6.07, 6.45) is 0. The Bertz CT molecular complexity index is 224. The van der Waals surface area contributed by atoms with Crippen molar-refractivity contribution in [2.75, 3.05) is 26.4 Å². The van der Waals surface area contributed by atoms with Gasteiger partial charge in [0.15, 0.2) is 0 Å². The van der Waals surface area contributed by atoms with Crippen LogP contribution in [-0.4, -0.2) is 31.4 Å². The highest BCUT2D eigenvalue weighted by Crippen LogP contribution is 2.15. The molecule has 0 heterocycles. The fourth-order valence-electron chi connectivity index (χ4n) is 0.955. The van der Waals surface area contributed by atoms with Gasteiger partial charge in [0.05, 0.1) is 0 Å². The van der Waals surface area contributed by atoms with Crippen molar-refractivity contribution in [1.82, 2.24) is 10.4 Å². The lowest BCUT2D eigenvalue weighted by molar-refractivity contribution is 0.300. The smallest absolute Gasteiger partial charge is 0.0196 e. The minimum atomic E-state index is 1.01. The van der Waals surface area contributed by atoms with Gasteiger partial charge in [0.25, 0.3) is 0 Å². The Morgan fingerprint density at radius 3 is 2.54 bits per heavy atom. The average molecular weight is 196 g/mol. The Balaban J connectivity index is 2.13. The Morgan fingerprint density at radius 1 is 1.23 bits per heavy atom. The molecule has 0 saturated heterocycles. The third-order valence-corrected chi connectivity index (χ3v) is 2.56. The molecule has 1 N–H and O–H groups in total. The maximum atomic E-state index is 3.23. The van der Waals surface area contributed by atoms with E-state index in [9.17, 15) is 0 Å². The van der Waals surface area contributed by atoms with Gasteiger partial charge >= 0.3 is 0 Å². The Labute approximate surface area is 84.3 Å². The van der Waals surface area contributed by atoms with E-state index in [2.05, 4.69) is 29.7 Å². The molecular weight excluding hydrogens is 180 g/mol. The quantitative estimate of drug-likeness (QED) is 0.439. The van der Waals surface area contributed by atoms with Crippen molar-refractivity contribution in [3.8, 4) is 0 Å². The SMILES string of the molecule is CN(C)NCCSc1ccccc1. The lowest BCUT2D eigenvalue weighted by Crippen LogP contribution is -2.32. The normalized spacial score (nSPS) is 10.7. The van der Waals surface area contributed by atoms with Crippen LogP contribution in [0.1, 0.15) is 0 Å². The van der Waals surface area contributed by atoms with Crippen LogP contribution in [0.4, 0.5) is 0 Å². The van der Waals surface area contributed by atoms with Gasteiger partial charge in [0.2, 0.25) is 0 Å². The zero-order valence-corrected chi connectivity index (χ0v) is 8.97. The van der Waals surface area contributed by atoms with Crippen molar-refractivity contribution in [3.63, 3.8) is 0 Å². The van der Waals surface area contributed by atoms with Gasteiger partial charge in [-0.15, -0.1) is 11.8 Å². The van der Waals surface area contributed by atoms with Gasteiger partial charge in [-0.05, 0) is 12.1 Å². The molecule has 0 saturated carbocycles. The molecule has 0 aliphatic heterocycles. The molecule has 0 spiro atoms. The van der Waals surface area contributed by atoms with E-state index in [-0.39, 0.29) is 0 Å². The summed E-state index contributed by atoms with van der Waals surface area (Å²) in [6, 6.07) is 10.5. The van der Waals surface area contributed by atoms with E-state index >= 15 is 0 Å². The molecule has 0 radical (unpaired) electrons. The summed E-state index contributed by atoms with van der Waals surface area (Å²) < 4.78 is 0. The lowest BCUT2D eigenvalue weighted by Gasteiger charge is -2.10. The summed E-state index contributed by atoms with van der Waals surface area (Å²) in [6.45, 7) is 1.01. The second-order valence-corrected chi connectivity index (χ2v) is 4.13. The minimum Gasteiger partial charge on any atom is -0.255 e. The first-order valence-corrected chi connectivity index (χ1v) is 5.36. The minimum absolute atomic E-state index is 1.01. The molecule has 0 atom stereocenters. The summed E-state index contributed by atoms with van der Waals surface area (Å²) in [7, 11) is 4.01. The highest BCUT2D eigenvalue weighted by molar-refractivity contribution is 7.99. The highest BCUT2D eigenvalue weighted by atomic mass is 32.2. The van der Waals surface area contributed by atoms with E-state index in [1.165, 1.54) is 4.90 Å². The van der Waals surface area contributed by atoms with E-state index in [1.807, 2.05) is 36.9 Å². The molecule has 3 heteroatoms. The van der Waals surface area contributed by atoms with Gasteiger partial charge in [-0.2, -0.15) is 0 Å². The van der Waals surface area contributed by atoms with Crippen LogP contribution in [0.15, 0.2) is 35.2 Å². The van der Waals surface area contributed by atoms with E-state index in [4.69, 9.17) is 0 Å². The number of rotatable bonds is 5. The third-order valence-electron chi connectivity index (χ3n) is 1.54. The molecule has 0 unspecified atom stereocenters. The fraction of sp³-hybridized carbons (Fsp3) is 0.400. The monoisotopic (exact) mass is 196 g/mol. The maximum Gasteiger partial charge on any atom is 0.0196 e. The standard InChI is InChI=1S/C10H16N2S/c1-12(2)11-8-9-13-10-6-4-3-5-7-10/h3-7,11H,8-9H2,1-2H3. The van der Waals surface area contributed by atoms with Crippen LogP contribution >= 0.6 is 11.8 Å². The molecule has 1 aromatic rings. The van der Waals surface area contributed by atoms with Crippen molar-refractivity contribution in [2.45, 2.75) is 4.90 Å². The molecule has 1 rings (SSSR count). The number of benzene rings is 1.